The van der Waals surface area contributed by atoms with Crippen molar-refractivity contribution in [3.05, 3.63) is 203 Å². The Hall–Kier alpha value is -9.09. The number of hydrogen-bond donors (Lipinski definition) is 7. The van der Waals surface area contributed by atoms with Gasteiger partial charge in [-0.05, 0) is 288 Å². The minimum atomic E-state index is -0.376. The molecule has 26 heteroatoms. The van der Waals surface area contributed by atoms with Crippen LogP contribution in [-0.2, 0) is 84.2 Å². The number of amides is 2. The molecule has 9 heterocycles. The average Bonchev–Trinajstić information content (AvgIpc) is 1.63. The molecule has 8 aliphatic rings. The fraction of sp³-hybridized carbons (Fsp3) is 0.479. The largest absolute Gasteiger partial charge is 0.392 e. The standard InChI is InChI=1S/2C24H29N5OS.C24H30N4OS.C22H27N5S/c1-29(13-15-4-2-5-16(12-15)22(25)30)18-10-8-17(9-11-18)28-23-21-19-6-3-7-20(19)31-24(21)27-14-26-23;1-29(13-15-5-7-16(8-6-15)22(25)30)18-11-9-17(10-12-18)28-23-21-19-3-2-4-20(19)31-24(21)27-14-26-23;1-28(13-16-4-2-5-17(12-16)14-29)19-10-8-18(9-11-19)27-23-22-20-6-3-7-21(20)30-24(22)26-15-25-23;1-27(13-15-4-3-11-23-12-15)17-9-7-16(8-10-17)26-21-20-18-5-2-6-19(18)28-22(20)25-14-24-21/h2,4-5,12,14,17-18H,3,6-11,13H2,1H3,(H2,25,30)(H,26,27,28);5-8,14,17-18H,2-4,9-13H2,1H3,(H2,25,30)(H,26,27,28);2,4-5,12,15,18-19,29H,3,6-11,13-14H2,1H3,(H,25,26,27);3-4,11-12,14,16-17H,2,5-10,13H2,1H3,(H,24,25,26). The molecular weight excluding hydrogens is 1570 g/mol. The molecule has 8 aliphatic carbocycles. The summed E-state index contributed by atoms with van der Waals surface area (Å²) in [5.41, 5.74) is 23.8. The number of primary amides is 2. The van der Waals surface area contributed by atoms with Crippen LogP contribution in [0.5, 0.6) is 0 Å². The van der Waals surface area contributed by atoms with Gasteiger partial charge in [-0.2, -0.15) is 0 Å². The van der Waals surface area contributed by atoms with Crippen molar-refractivity contribution in [3.63, 3.8) is 0 Å². The zero-order chi connectivity index (χ0) is 82.2. The lowest BCUT2D eigenvalue weighted by atomic mass is 9.90. The lowest BCUT2D eigenvalue weighted by Crippen LogP contribution is -2.38. The summed E-state index contributed by atoms with van der Waals surface area (Å²) in [5.74, 6) is 3.44. The summed E-state index contributed by atoms with van der Waals surface area (Å²) in [5, 5.41) is 29.6. The Morgan fingerprint density at radius 2 is 0.683 bits per heavy atom. The molecule has 20 rings (SSSR count). The van der Waals surface area contributed by atoms with Crippen LogP contribution in [0.25, 0.3) is 40.9 Å². The first-order chi connectivity index (χ1) is 58.6. The van der Waals surface area contributed by atoms with Gasteiger partial charge in [-0.3, -0.25) is 34.2 Å². The van der Waals surface area contributed by atoms with Crippen LogP contribution < -0.4 is 32.7 Å². The molecule has 4 fully saturated rings. The number of carbonyl (C=O) groups excluding carboxylic acids is 2. The molecule has 22 nitrogen and oxygen atoms in total. The number of nitrogens with zero attached hydrogens (tertiary/aromatic N) is 13. The number of anilines is 4. The molecule has 0 unspecified atom stereocenters. The fourth-order valence-electron chi connectivity index (χ4n) is 20.2. The van der Waals surface area contributed by atoms with E-state index in [4.69, 9.17) is 11.5 Å². The number of aryl methyl sites for hydroxylation is 8. The van der Waals surface area contributed by atoms with Gasteiger partial charge in [-0.15, -0.1) is 45.3 Å². The van der Waals surface area contributed by atoms with E-state index in [0.717, 1.165) is 131 Å². The number of thiophene rings is 4. The molecule has 120 heavy (non-hydrogen) atoms. The van der Waals surface area contributed by atoms with Gasteiger partial charge in [0.1, 0.15) is 67.9 Å². The molecule has 0 atom stereocenters. The summed E-state index contributed by atoms with van der Waals surface area (Å²) in [6.45, 7) is 3.74. The second-order valence-corrected chi connectivity index (χ2v) is 39.1. The molecule has 0 saturated heterocycles. The summed E-state index contributed by atoms with van der Waals surface area (Å²) >= 11 is 7.41. The smallest absolute Gasteiger partial charge is 0.248 e. The van der Waals surface area contributed by atoms with Crippen LogP contribution in [0.4, 0.5) is 23.3 Å². The quantitative estimate of drug-likeness (QED) is 0.0313. The van der Waals surface area contributed by atoms with Gasteiger partial charge in [0, 0.05) is 118 Å². The van der Waals surface area contributed by atoms with E-state index in [-0.39, 0.29) is 18.4 Å². The zero-order valence-electron chi connectivity index (χ0n) is 69.9. The molecule has 0 radical (unpaired) electrons. The van der Waals surface area contributed by atoms with Gasteiger partial charge in [-0.1, -0.05) is 54.6 Å². The maximum Gasteiger partial charge on any atom is 0.248 e. The number of aromatic nitrogens is 9. The molecular formula is C94H115N19O3S4. The van der Waals surface area contributed by atoms with Crippen molar-refractivity contribution in [3.8, 4) is 0 Å². The molecule has 9 aromatic heterocycles. The highest BCUT2D eigenvalue weighted by molar-refractivity contribution is 7.20. The van der Waals surface area contributed by atoms with Gasteiger partial charge in [0.15, 0.2) is 0 Å². The van der Waals surface area contributed by atoms with Crippen LogP contribution >= 0.6 is 45.3 Å². The average molecular weight is 1690 g/mol. The van der Waals surface area contributed by atoms with Crippen molar-refractivity contribution in [2.24, 2.45) is 11.5 Å². The first kappa shape index (κ1) is 83.2. The number of rotatable bonds is 23. The first-order valence-electron chi connectivity index (χ1n) is 43.9. The lowest BCUT2D eigenvalue weighted by molar-refractivity contribution is 0.0991. The summed E-state index contributed by atoms with van der Waals surface area (Å²) in [4.78, 5) is 84.0. The summed E-state index contributed by atoms with van der Waals surface area (Å²) in [7, 11) is 8.85. The Bertz CT molecular complexity index is 5510. The van der Waals surface area contributed by atoms with E-state index in [2.05, 4.69) is 138 Å². The number of aliphatic hydroxyl groups excluding tert-OH is 1. The van der Waals surface area contributed by atoms with Crippen molar-refractivity contribution in [1.29, 1.82) is 0 Å². The van der Waals surface area contributed by atoms with Crippen LogP contribution in [0.1, 0.15) is 219 Å². The Morgan fingerprint density at radius 1 is 0.367 bits per heavy atom. The van der Waals surface area contributed by atoms with Gasteiger partial charge in [-0.25, -0.2) is 39.9 Å². The van der Waals surface area contributed by atoms with Gasteiger partial charge >= 0.3 is 0 Å². The monoisotopic (exact) mass is 1690 g/mol. The topological polar surface area (TPSA) is 283 Å². The SMILES string of the molecule is CN(Cc1ccc(C(N)=O)cc1)C1CCC(Nc2ncnc3sc4c(c23)CCC4)CC1.CN(Cc1cccc(C(N)=O)c1)C1CCC(Nc2ncnc3sc4c(c23)CCC4)CC1.CN(Cc1cccc(CO)c1)C1CCC(Nc2ncnc3sc4c(c23)CCC4)CC1.CN(Cc1cccnc1)C1CCC(Nc2ncnc3sc4c(c23)CCC4)CC1. The van der Waals surface area contributed by atoms with Crippen LogP contribution in [0.15, 0.2) is 123 Å². The van der Waals surface area contributed by atoms with Crippen LogP contribution in [0, 0.1) is 0 Å². The summed E-state index contributed by atoms with van der Waals surface area (Å²) in [6, 6.07) is 32.1. The number of benzene rings is 3. The highest BCUT2D eigenvalue weighted by Gasteiger charge is 2.33. The van der Waals surface area contributed by atoms with Gasteiger partial charge in [0.25, 0.3) is 0 Å². The van der Waals surface area contributed by atoms with E-state index < -0.39 is 0 Å². The number of nitrogens with one attached hydrogen (secondary N) is 4. The van der Waals surface area contributed by atoms with Crippen molar-refractivity contribution >= 4 is 121 Å². The van der Waals surface area contributed by atoms with Gasteiger partial charge in [0.2, 0.25) is 11.8 Å². The van der Waals surface area contributed by atoms with Crippen molar-refractivity contribution in [2.45, 2.75) is 261 Å². The van der Waals surface area contributed by atoms with Crippen molar-refractivity contribution in [1.82, 2.24) is 64.5 Å². The third-order valence-corrected chi connectivity index (χ3v) is 31.5. The van der Waals surface area contributed by atoms with Crippen LogP contribution in [-0.4, -0.2) is 158 Å². The Balaban J connectivity index is 0.000000114. The van der Waals surface area contributed by atoms with Gasteiger partial charge < -0.3 is 37.8 Å². The van der Waals surface area contributed by atoms with Gasteiger partial charge in [0.05, 0.1) is 28.2 Å². The van der Waals surface area contributed by atoms with E-state index in [1.54, 1.807) is 31.4 Å². The predicted molar refractivity (Wildman–Crippen MR) is 489 cm³/mol. The number of hydrogen-bond acceptors (Lipinski definition) is 24. The van der Waals surface area contributed by atoms with E-state index in [1.165, 1.54) is 208 Å². The molecule has 2 amide bonds. The lowest BCUT2D eigenvalue weighted by Gasteiger charge is -2.35. The Labute approximate surface area is 720 Å². The van der Waals surface area contributed by atoms with Crippen molar-refractivity contribution in [2.75, 3.05) is 49.5 Å². The van der Waals surface area contributed by atoms with E-state index in [9.17, 15) is 14.7 Å². The molecule has 4 saturated carbocycles. The normalized spacial score (nSPS) is 21.2. The number of fused-ring (bicyclic) bond motifs is 12. The molecule has 9 N–H and O–H groups in total. The van der Waals surface area contributed by atoms with E-state index in [0.29, 0.717) is 59.5 Å². The molecule has 12 aromatic rings. The second kappa shape index (κ2) is 38.5. The Kier molecular flexibility index (Phi) is 26.7. The summed E-state index contributed by atoms with van der Waals surface area (Å²) < 4.78 is 0. The second-order valence-electron chi connectivity index (χ2n) is 34.8. The molecule has 0 aliphatic heterocycles. The number of carbonyl (C=O) groups is 2. The fourth-order valence-corrected chi connectivity index (χ4v) is 25.1. The third-order valence-electron chi connectivity index (χ3n) is 26.7. The maximum absolute atomic E-state index is 11.4. The van der Waals surface area contributed by atoms with E-state index >= 15 is 0 Å². The molecule has 3 aromatic carbocycles. The minimum Gasteiger partial charge on any atom is -0.392 e. The zero-order valence-corrected chi connectivity index (χ0v) is 73.1. The molecule has 0 spiro atoms. The number of aliphatic hydroxyl groups is 1. The first-order valence-corrected chi connectivity index (χ1v) is 47.1. The predicted octanol–water partition coefficient (Wildman–Crippen LogP) is 17.2. The van der Waals surface area contributed by atoms with E-state index in [1.807, 2.05) is 112 Å². The highest BCUT2D eigenvalue weighted by Crippen LogP contribution is 2.45. The third kappa shape index (κ3) is 19.5. The van der Waals surface area contributed by atoms with Crippen LogP contribution in [0.3, 0.4) is 0 Å². The minimum absolute atomic E-state index is 0.109. The number of nitrogens with two attached hydrogens (primary N) is 2. The molecule has 0 bridgehead atoms. The summed E-state index contributed by atoms with van der Waals surface area (Å²) in [6.07, 6.45) is 44.0. The molecule has 628 valence electrons. The Morgan fingerprint density at radius 3 is 1.02 bits per heavy atom. The van der Waals surface area contributed by atoms with Crippen molar-refractivity contribution < 1.29 is 14.7 Å². The maximum atomic E-state index is 11.4. The highest BCUT2D eigenvalue weighted by atomic mass is 32.1. The number of pyridine rings is 1. The van der Waals surface area contributed by atoms with Crippen LogP contribution in [0.2, 0.25) is 0 Å².